The summed E-state index contributed by atoms with van der Waals surface area (Å²) < 4.78 is 47.6. The number of benzene rings is 1. The van der Waals surface area contributed by atoms with Crippen molar-refractivity contribution in [3.05, 3.63) is 59.8 Å². The summed E-state index contributed by atoms with van der Waals surface area (Å²) in [7, 11) is 0. The predicted octanol–water partition coefficient (Wildman–Crippen LogP) is 4.01. The van der Waals surface area contributed by atoms with E-state index in [1.54, 1.807) is 27.9 Å². The van der Waals surface area contributed by atoms with Gasteiger partial charge in [0.1, 0.15) is 34.4 Å². The summed E-state index contributed by atoms with van der Waals surface area (Å²) in [4.78, 5) is 28.4. The molecule has 2 aliphatic heterocycles. The van der Waals surface area contributed by atoms with Gasteiger partial charge in [-0.2, -0.15) is 13.2 Å². The molecule has 1 amide bonds. The zero-order chi connectivity index (χ0) is 24.1. The lowest BCUT2D eigenvalue weighted by molar-refractivity contribution is -0.137. The maximum Gasteiger partial charge on any atom is 0.416 e. The monoisotopic (exact) mass is 480 g/mol. The Morgan fingerprint density at radius 2 is 2.00 bits per heavy atom. The van der Waals surface area contributed by atoms with Crippen molar-refractivity contribution in [3.63, 3.8) is 0 Å². The molecule has 0 radical (unpaired) electrons. The topological polar surface area (TPSA) is 98.6 Å². The number of halogens is 3. The van der Waals surface area contributed by atoms with Gasteiger partial charge in [-0.25, -0.2) is 15.0 Å². The number of aromatic nitrogens is 4. The Hall–Kier alpha value is -3.89. The number of alkyl halides is 3. The fourth-order valence-corrected chi connectivity index (χ4v) is 5.54. The van der Waals surface area contributed by atoms with Crippen LogP contribution in [0.25, 0.3) is 16.6 Å². The van der Waals surface area contributed by atoms with Crippen molar-refractivity contribution < 1.29 is 22.7 Å². The number of hydrogen-bond donors (Lipinski definition) is 1. The molecule has 178 valence electrons. The third-order valence-corrected chi connectivity index (χ3v) is 7.47. The number of nitrogen functional groups attached to an aromatic ring is 1. The van der Waals surface area contributed by atoms with Crippen LogP contribution in [0.15, 0.2) is 43.0 Å². The maximum atomic E-state index is 13.8. The Morgan fingerprint density at radius 1 is 1.17 bits per heavy atom. The average molecular weight is 480 g/mol. The number of rotatable bonds is 1. The molecule has 8 nitrogen and oxygen atoms in total. The number of ether oxygens (including phenoxy) is 1. The highest BCUT2D eigenvalue weighted by molar-refractivity contribution is 5.96. The van der Waals surface area contributed by atoms with E-state index in [0.29, 0.717) is 40.9 Å². The van der Waals surface area contributed by atoms with E-state index in [-0.39, 0.29) is 22.8 Å². The number of imidazole rings is 1. The number of carbonyl (C=O) groups is 1. The normalized spacial score (nSPS) is 22.3. The van der Waals surface area contributed by atoms with Crippen LogP contribution in [0.3, 0.4) is 0 Å². The van der Waals surface area contributed by atoms with Gasteiger partial charge in [-0.3, -0.25) is 9.20 Å². The molecule has 5 heterocycles. The standard InChI is InChI=1S/C24H19F3N6O2/c25-24(26,27)12-1-2-13-18(5-12)35-19-7-23(3-4-23)10-32(20(13)19)22(34)14-6-16-15(8-30-14)31-21(28)17-9-29-11-33(16)17/h1-2,5-6,8-9,11,19-20H,3-4,7,10H2,(H2,28,31)/t19-,20-/m0/s1. The zero-order valence-corrected chi connectivity index (χ0v) is 18.3. The molecule has 4 aromatic rings. The summed E-state index contributed by atoms with van der Waals surface area (Å²) in [5.74, 6) is 0.203. The molecule has 35 heavy (non-hydrogen) atoms. The molecule has 11 heteroatoms. The van der Waals surface area contributed by atoms with Crippen molar-refractivity contribution in [3.8, 4) is 5.75 Å². The van der Waals surface area contributed by atoms with E-state index in [0.717, 1.165) is 25.0 Å². The van der Waals surface area contributed by atoms with Crippen molar-refractivity contribution in [2.45, 2.75) is 37.6 Å². The van der Waals surface area contributed by atoms with Gasteiger partial charge >= 0.3 is 6.18 Å². The number of pyridine rings is 1. The first-order valence-electron chi connectivity index (χ1n) is 11.3. The van der Waals surface area contributed by atoms with Crippen molar-refractivity contribution in [1.29, 1.82) is 0 Å². The van der Waals surface area contributed by atoms with E-state index < -0.39 is 23.9 Å². The van der Waals surface area contributed by atoms with Crippen LogP contribution in [0.2, 0.25) is 0 Å². The number of hydrogen-bond acceptors (Lipinski definition) is 6. The lowest BCUT2D eigenvalue weighted by Crippen LogP contribution is -2.49. The van der Waals surface area contributed by atoms with Crippen molar-refractivity contribution in [2.24, 2.45) is 5.41 Å². The van der Waals surface area contributed by atoms with Crippen LogP contribution in [0.1, 0.15) is 46.9 Å². The average Bonchev–Trinajstić information content (AvgIpc) is 3.22. The van der Waals surface area contributed by atoms with E-state index in [1.165, 1.54) is 12.3 Å². The number of carbonyl (C=O) groups excluding carboxylic acids is 1. The Kier molecular flexibility index (Phi) is 3.87. The summed E-state index contributed by atoms with van der Waals surface area (Å²) in [6, 6.07) is 4.71. The van der Waals surface area contributed by atoms with Gasteiger partial charge in [0.25, 0.3) is 5.91 Å². The lowest BCUT2D eigenvalue weighted by atomic mass is 9.85. The van der Waals surface area contributed by atoms with Gasteiger partial charge < -0.3 is 15.4 Å². The Balaban J connectivity index is 1.31. The molecule has 2 atom stereocenters. The number of nitrogens with two attached hydrogens (primary N) is 1. The van der Waals surface area contributed by atoms with E-state index >= 15 is 0 Å². The highest BCUT2D eigenvalue weighted by atomic mass is 19.4. The van der Waals surface area contributed by atoms with Crippen LogP contribution in [0, 0.1) is 5.41 Å². The second-order valence-electron chi connectivity index (χ2n) is 9.69. The van der Waals surface area contributed by atoms with Gasteiger partial charge in [0.15, 0.2) is 0 Å². The van der Waals surface area contributed by atoms with Gasteiger partial charge in [0, 0.05) is 12.1 Å². The fourth-order valence-electron chi connectivity index (χ4n) is 5.54. The smallest absolute Gasteiger partial charge is 0.416 e. The van der Waals surface area contributed by atoms with Crippen LogP contribution in [0.4, 0.5) is 19.0 Å². The third kappa shape index (κ3) is 3.00. The van der Waals surface area contributed by atoms with Gasteiger partial charge in [0.05, 0.1) is 35.8 Å². The predicted molar refractivity (Wildman–Crippen MR) is 119 cm³/mol. The number of fused-ring (bicyclic) bond motifs is 6. The maximum absolute atomic E-state index is 13.8. The first-order valence-corrected chi connectivity index (χ1v) is 11.3. The van der Waals surface area contributed by atoms with Crippen LogP contribution < -0.4 is 10.5 Å². The Morgan fingerprint density at radius 3 is 2.77 bits per heavy atom. The molecular weight excluding hydrogens is 461 g/mol. The molecule has 0 unspecified atom stereocenters. The Labute approximate surface area is 196 Å². The van der Waals surface area contributed by atoms with Gasteiger partial charge in [-0.05, 0) is 42.9 Å². The number of nitrogens with zero attached hydrogens (tertiary/aromatic N) is 5. The van der Waals surface area contributed by atoms with Crippen molar-refractivity contribution in [1.82, 2.24) is 24.3 Å². The van der Waals surface area contributed by atoms with Crippen LogP contribution in [-0.2, 0) is 6.18 Å². The number of anilines is 1. The first kappa shape index (κ1) is 20.5. The largest absolute Gasteiger partial charge is 0.488 e. The molecule has 3 aliphatic rings. The molecule has 0 bridgehead atoms. The van der Waals surface area contributed by atoms with E-state index in [1.807, 2.05) is 0 Å². The quantitative estimate of drug-likeness (QED) is 0.442. The molecule has 7 rings (SSSR count). The number of amides is 1. The van der Waals surface area contributed by atoms with Gasteiger partial charge in [0.2, 0.25) is 0 Å². The highest BCUT2D eigenvalue weighted by Gasteiger charge is 2.57. The number of likely N-dealkylation sites (tertiary alicyclic amines) is 1. The molecule has 2 fully saturated rings. The zero-order valence-electron chi connectivity index (χ0n) is 18.3. The minimum Gasteiger partial charge on any atom is -0.488 e. The Bertz CT molecular complexity index is 1540. The molecule has 1 saturated carbocycles. The van der Waals surface area contributed by atoms with Crippen molar-refractivity contribution in [2.75, 3.05) is 12.3 Å². The molecule has 1 aromatic carbocycles. The van der Waals surface area contributed by atoms with Gasteiger partial charge in [-0.1, -0.05) is 6.07 Å². The molecule has 1 saturated heterocycles. The van der Waals surface area contributed by atoms with Crippen molar-refractivity contribution >= 4 is 28.3 Å². The van der Waals surface area contributed by atoms with Crippen LogP contribution >= 0.6 is 0 Å². The summed E-state index contributed by atoms with van der Waals surface area (Å²) in [6.45, 7) is 0.511. The summed E-state index contributed by atoms with van der Waals surface area (Å²) in [5, 5.41) is 0. The SMILES string of the molecule is Nc1nc2cnc(C(=O)N3CC4(CC4)C[C@@H]4Oc5cc(C(F)(F)F)ccc5[C@@H]43)cc2n2cncc12. The van der Waals surface area contributed by atoms with Gasteiger partial charge in [-0.15, -0.1) is 0 Å². The van der Waals surface area contributed by atoms with E-state index in [9.17, 15) is 18.0 Å². The van der Waals surface area contributed by atoms with Crippen LogP contribution in [-0.4, -0.2) is 42.8 Å². The minimum atomic E-state index is -4.47. The molecule has 3 aromatic heterocycles. The lowest BCUT2D eigenvalue weighted by Gasteiger charge is -2.41. The molecular formula is C24H19F3N6O2. The third-order valence-electron chi connectivity index (χ3n) is 7.47. The van der Waals surface area contributed by atoms with E-state index in [2.05, 4.69) is 15.0 Å². The molecule has 1 aliphatic carbocycles. The molecule has 2 N–H and O–H groups in total. The van der Waals surface area contributed by atoms with E-state index in [4.69, 9.17) is 10.5 Å². The van der Waals surface area contributed by atoms with Crippen LogP contribution in [0.5, 0.6) is 5.75 Å². The summed E-state index contributed by atoms with van der Waals surface area (Å²) in [6.07, 6.45) is 2.45. The highest BCUT2D eigenvalue weighted by Crippen LogP contribution is 2.59. The fraction of sp³-hybridized carbons (Fsp3) is 0.333. The second kappa shape index (κ2) is 6.61. The number of piperidine rings is 1. The summed E-state index contributed by atoms with van der Waals surface area (Å²) in [5.41, 5.74) is 7.77. The molecule has 1 spiro atoms. The summed E-state index contributed by atoms with van der Waals surface area (Å²) >= 11 is 0. The first-order chi connectivity index (χ1) is 16.7. The second-order valence-corrected chi connectivity index (χ2v) is 9.69. The minimum absolute atomic E-state index is 0.0593.